The minimum atomic E-state index is 0.577. The van der Waals surface area contributed by atoms with Crippen molar-refractivity contribution < 1.29 is 4.74 Å². The van der Waals surface area contributed by atoms with E-state index in [1.54, 1.807) is 19.5 Å². The van der Waals surface area contributed by atoms with Crippen LogP contribution in [0.25, 0.3) is 0 Å². The van der Waals surface area contributed by atoms with Crippen LogP contribution in [0.2, 0.25) is 10.0 Å². The molecule has 0 saturated carbocycles. The molecule has 1 saturated heterocycles. The first kappa shape index (κ1) is 18.0. The molecule has 0 aromatic carbocycles. The van der Waals surface area contributed by atoms with Crippen molar-refractivity contribution in [2.24, 2.45) is 0 Å². The Bertz CT molecular complexity index is 444. The molecule has 0 spiro atoms. The van der Waals surface area contributed by atoms with Crippen LogP contribution in [0.5, 0.6) is 0 Å². The fourth-order valence-corrected chi connectivity index (χ4v) is 3.44. The number of ether oxygens (including phenoxy) is 1. The summed E-state index contributed by atoms with van der Waals surface area (Å²) in [5, 5.41) is 1.30. The Morgan fingerprint density at radius 2 is 1.91 bits per heavy atom. The van der Waals surface area contributed by atoms with Gasteiger partial charge in [0.1, 0.15) is 0 Å². The minimum absolute atomic E-state index is 0.577. The van der Waals surface area contributed by atoms with Crippen LogP contribution in [0.3, 0.4) is 0 Å². The normalized spacial score (nSPS) is 17.3. The molecular formula is C16H25Cl2N3O. The second-order valence-corrected chi connectivity index (χ2v) is 6.75. The number of likely N-dealkylation sites (tertiary alicyclic amines) is 1. The minimum Gasteiger partial charge on any atom is -0.385 e. The molecule has 1 aliphatic heterocycles. The van der Waals surface area contributed by atoms with Crippen LogP contribution in [0.4, 0.5) is 0 Å². The molecule has 1 aromatic heterocycles. The van der Waals surface area contributed by atoms with Crippen LogP contribution in [0, 0.1) is 0 Å². The number of rotatable bonds is 7. The van der Waals surface area contributed by atoms with E-state index in [4.69, 9.17) is 27.9 Å². The summed E-state index contributed by atoms with van der Waals surface area (Å²) in [5.74, 6) is 0. The summed E-state index contributed by atoms with van der Waals surface area (Å²) in [7, 11) is 3.93. The molecule has 2 heterocycles. The third-order valence-corrected chi connectivity index (χ3v) is 4.96. The van der Waals surface area contributed by atoms with Crippen LogP contribution < -0.4 is 0 Å². The Labute approximate surface area is 143 Å². The number of halogens is 2. The highest BCUT2D eigenvalue weighted by atomic mass is 35.5. The predicted octanol–water partition coefficient (Wildman–Crippen LogP) is 3.32. The maximum atomic E-state index is 6.29. The molecule has 0 unspecified atom stereocenters. The molecular weight excluding hydrogens is 321 g/mol. The van der Waals surface area contributed by atoms with E-state index in [0.29, 0.717) is 16.1 Å². The Morgan fingerprint density at radius 3 is 2.50 bits per heavy atom. The van der Waals surface area contributed by atoms with Crippen LogP contribution in [0.15, 0.2) is 12.4 Å². The highest BCUT2D eigenvalue weighted by molar-refractivity contribution is 6.35. The summed E-state index contributed by atoms with van der Waals surface area (Å²) >= 11 is 12.6. The topological polar surface area (TPSA) is 28.6 Å². The van der Waals surface area contributed by atoms with Gasteiger partial charge in [-0.3, -0.25) is 9.88 Å². The first-order valence-corrected chi connectivity index (χ1v) is 8.56. The van der Waals surface area contributed by atoms with Crippen molar-refractivity contribution in [1.29, 1.82) is 0 Å². The van der Waals surface area contributed by atoms with Gasteiger partial charge in [0.05, 0.1) is 10.0 Å². The molecule has 2 rings (SSSR count). The van der Waals surface area contributed by atoms with E-state index in [2.05, 4.69) is 21.8 Å². The Morgan fingerprint density at radius 1 is 1.27 bits per heavy atom. The van der Waals surface area contributed by atoms with E-state index in [0.717, 1.165) is 44.8 Å². The van der Waals surface area contributed by atoms with Crippen LogP contribution >= 0.6 is 23.2 Å². The number of pyridine rings is 1. The van der Waals surface area contributed by atoms with E-state index < -0.39 is 0 Å². The summed E-state index contributed by atoms with van der Waals surface area (Å²) in [4.78, 5) is 8.92. The SMILES string of the molecule is COCCCN(Cc1c(Cl)cncc1Cl)C1CCN(C)CC1. The fourth-order valence-electron chi connectivity index (χ4n) is 2.96. The number of methoxy groups -OCH3 is 1. The van der Waals surface area contributed by atoms with E-state index in [-0.39, 0.29) is 0 Å². The van der Waals surface area contributed by atoms with Crippen molar-refractivity contribution in [1.82, 2.24) is 14.8 Å². The summed E-state index contributed by atoms with van der Waals surface area (Å²) < 4.78 is 5.20. The second-order valence-electron chi connectivity index (χ2n) is 5.93. The average Bonchev–Trinajstić information content (AvgIpc) is 2.50. The Hall–Kier alpha value is -0.390. The summed E-state index contributed by atoms with van der Waals surface area (Å²) in [6.07, 6.45) is 6.73. The average molecular weight is 346 g/mol. The van der Waals surface area contributed by atoms with Crippen molar-refractivity contribution in [3.8, 4) is 0 Å². The molecule has 1 aromatic rings. The first-order valence-electron chi connectivity index (χ1n) is 7.81. The lowest BCUT2D eigenvalue weighted by atomic mass is 10.0. The second kappa shape index (κ2) is 9.04. The number of hydrogen-bond acceptors (Lipinski definition) is 4. The van der Waals surface area contributed by atoms with Crippen molar-refractivity contribution in [3.05, 3.63) is 28.0 Å². The van der Waals surface area contributed by atoms with Gasteiger partial charge in [0.15, 0.2) is 0 Å². The molecule has 0 amide bonds. The van der Waals surface area contributed by atoms with Gasteiger partial charge in [0, 0.05) is 50.8 Å². The highest BCUT2D eigenvalue weighted by Gasteiger charge is 2.24. The van der Waals surface area contributed by atoms with Gasteiger partial charge in [-0.25, -0.2) is 0 Å². The monoisotopic (exact) mass is 345 g/mol. The molecule has 1 aliphatic rings. The van der Waals surface area contributed by atoms with Crippen molar-refractivity contribution in [3.63, 3.8) is 0 Å². The molecule has 1 fully saturated rings. The van der Waals surface area contributed by atoms with Gasteiger partial charge in [-0.2, -0.15) is 0 Å². The molecule has 4 nitrogen and oxygen atoms in total. The van der Waals surface area contributed by atoms with Crippen molar-refractivity contribution in [2.75, 3.05) is 40.4 Å². The van der Waals surface area contributed by atoms with Gasteiger partial charge in [-0.05, 0) is 39.4 Å². The van der Waals surface area contributed by atoms with Crippen LogP contribution in [-0.2, 0) is 11.3 Å². The largest absolute Gasteiger partial charge is 0.385 e. The number of nitrogens with zero attached hydrogens (tertiary/aromatic N) is 3. The zero-order valence-electron chi connectivity index (χ0n) is 13.4. The zero-order valence-corrected chi connectivity index (χ0v) is 14.9. The van der Waals surface area contributed by atoms with Gasteiger partial charge in [0.2, 0.25) is 0 Å². The quantitative estimate of drug-likeness (QED) is 0.708. The molecule has 124 valence electrons. The van der Waals surface area contributed by atoms with Gasteiger partial charge in [0.25, 0.3) is 0 Å². The van der Waals surface area contributed by atoms with Gasteiger partial charge < -0.3 is 9.64 Å². The van der Waals surface area contributed by atoms with Gasteiger partial charge in [-0.15, -0.1) is 0 Å². The number of piperidine rings is 1. The fraction of sp³-hybridized carbons (Fsp3) is 0.688. The maximum absolute atomic E-state index is 6.29. The summed E-state index contributed by atoms with van der Waals surface area (Å²) in [6.45, 7) is 4.84. The van der Waals surface area contributed by atoms with E-state index >= 15 is 0 Å². The predicted molar refractivity (Wildman–Crippen MR) is 91.7 cm³/mol. The first-order chi connectivity index (χ1) is 10.6. The molecule has 0 bridgehead atoms. The zero-order chi connectivity index (χ0) is 15.9. The molecule has 0 radical (unpaired) electrons. The third-order valence-electron chi connectivity index (χ3n) is 4.31. The summed E-state index contributed by atoms with van der Waals surface area (Å²) in [5.41, 5.74) is 0.981. The number of aromatic nitrogens is 1. The Kier molecular flexibility index (Phi) is 7.38. The van der Waals surface area contributed by atoms with Crippen LogP contribution in [-0.4, -0.2) is 61.2 Å². The lowest BCUT2D eigenvalue weighted by Crippen LogP contribution is -2.44. The molecule has 22 heavy (non-hydrogen) atoms. The smallest absolute Gasteiger partial charge is 0.0649 e. The summed E-state index contributed by atoms with van der Waals surface area (Å²) in [6, 6.07) is 0.577. The molecule has 0 N–H and O–H groups in total. The molecule has 0 atom stereocenters. The van der Waals surface area contributed by atoms with E-state index in [9.17, 15) is 0 Å². The lowest BCUT2D eigenvalue weighted by molar-refractivity contribution is 0.1000. The van der Waals surface area contributed by atoms with Crippen LogP contribution in [0.1, 0.15) is 24.8 Å². The maximum Gasteiger partial charge on any atom is 0.0649 e. The van der Waals surface area contributed by atoms with E-state index in [1.807, 2.05) is 0 Å². The van der Waals surface area contributed by atoms with Gasteiger partial charge >= 0.3 is 0 Å². The molecule has 6 heteroatoms. The Balaban J connectivity index is 2.06. The lowest BCUT2D eigenvalue weighted by Gasteiger charge is -2.37. The third kappa shape index (κ3) is 5.07. The van der Waals surface area contributed by atoms with E-state index in [1.165, 1.54) is 12.8 Å². The van der Waals surface area contributed by atoms with Crippen molar-refractivity contribution >= 4 is 23.2 Å². The van der Waals surface area contributed by atoms with Gasteiger partial charge in [-0.1, -0.05) is 23.2 Å². The van der Waals surface area contributed by atoms with Crippen molar-refractivity contribution in [2.45, 2.75) is 31.8 Å². The highest BCUT2D eigenvalue weighted by Crippen LogP contribution is 2.27. The number of hydrogen-bond donors (Lipinski definition) is 0. The standard InChI is InChI=1S/C16H25Cl2N3O/c1-20-7-4-13(5-8-20)21(6-3-9-22-2)12-14-15(17)10-19-11-16(14)18/h10-11,13H,3-9,12H2,1-2H3. The molecule has 0 aliphatic carbocycles.